The lowest BCUT2D eigenvalue weighted by molar-refractivity contribution is 0.213. The minimum absolute atomic E-state index is 0.645. The monoisotopic (exact) mass is 196 g/mol. The lowest BCUT2D eigenvalue weighted by Crippen LogP contribution is -2.47. The molecule has 0 aromatic heterocycles. The summed E-state index contributed by atoms with van der Waals surface area (Å²) in [5.41, 5.74) is 10.0. The highest BCUT2D eigenvalue weighted by Gasteiger charge is 2.51. The van der Waals surface area contributed by atoms with Crippen LogP contribution in [0.1, 0.15) is 0 Å². The van der Waals surface area contributed by atoms with E-state index in [1.54, 1.807) is 0 Å². The second-order valence-corrected chi connectivity index (χ2v) is 13.3. The van der Waals surface area contributed by atoms with Gasteiger partial charge in [-0.25, -0.2) is 4.79 Å². The van der Waals surface area contributed by atoms with Gasteiger partial charge < -0.3 is 15.7 Å². The maximum atomic E-state index is 11.1. The van der Waals surface area contributed by atoms with Gasteiger partial charge >= 0.3 is 6.09 Å². The van der Waals surface area contributed by atoms with Crippen molar-refractivity contribution < 1.29 is 13.8 Å². The zero-order valence-electron chi connectivity index (χ0n) is 7.79. The largest absolute Gasteiger partial charge is 0.414 e. The summed E-state index contributed by atoms with van der Waals surface area (Å²) in [6, 6.07) is 0. The molecule has 0 aliphatic heterocycles. The molecule has 0 fully saturated rings. The van der Waals surface area contributed by atoms with Crippen molar-refractivity contribution in [2.75, 3.05) is 25.0 Å². The van der Waals surface area contributed by atoms with Crippen molar-refractivity contribution in [3.05, 3.63) is 0 Å². The van der Waals surface area contributed by atoms with E-state index in [4.69, 9.17) is 15.7 Å². The molecule has 0 aromatic rings. The van der Waals surface area contributed by atoms with Crippen LogP contribution >= 0.6 is 8.58 Å². The van der Waals surface area contributed by atoms with E-state index >= 15 is 0 Å². The van der Waals surface area contributed by atoms with E-state index < -0.39 is 19.9 Å². The molecule has 0 heterocycles. The Morgan fingerprint density at radius 2 is 1.42 bits per heavy atom. The van der Waals surface area contributed by atoms with Gasteiger partial charge in [0.1, 0.15) is 0 Å². The molecule has 0 saturated heterocycles. The fourth-order valence-electron chi connectivity index (χ4n) is 0.411. The van der Waals surface area contributed by atoms with E-state index in [-0.39, 0.29) is 0 Å². The van der Waals surface area contributed by atoms with Gasteiger partial charge in [0, 0.05) is 0 Å². The summed E-state index contributed by atoms with van der Waals surface area (Å²) in [5, 5.41) is -0.645. The molecule has 6 heteroatoms. The van der Waals surface area contributed by atoms with Crippen LogP contribution in [0.25, 0.3) is 0 Å². The van der Waals surface area contributed by atoms with E-state index in [1.807, 2.05) is 0 Å². The highest BCUT2D eigenvalue weighted by atomic mass is 32.4. The molecule has 0 unspecified atom stereocenters. The molecule has 0 spiro atoms. The van der Waals surface area contributed by atoms with E-state index in [2.05, 4.69) is 0 Å². The van der Waals surface area contributed by atoms with Crippen LogP contribution < -0.4 is 11.5 Å². The Bertz CT molecular complexity index is 250. The number of hydrogen-bond acceptors (Lipinski definition) is 3. The van der Waals surface area contributed by atoms with Crippen molar-refractivity contribution in [2.45, 2.75) is 0 Å². The van der Waals surface area contributed by atoms with Gasteiger partial charge in [0.25, 0.3) is 5.24 Å². The SMILES string of the molecule is CS(C)(C)(C)(OC(N)=O)C(N)=O. The molecular formula is C6H16N2O3S. The molecule has 5 nitrogen and oxygen atoms in total. The standard InChI is InChI=1S/C6H16N2O3S/c1-12(2,3,4,6(8)10)11-5(7)9/h1-4H3,(H2,7,9)(H2,8,10). The van der Waals surface area contributed by atoms with E-state index in [0.717, 1.165) is 0 Å². The fraction of sp³-hybridized carbons (Fsp3) is 0.667. The summed E-state index contributed by atoms with van der Waals surface area (Å²) >= 11 is 0. The minimum Gasteiger partial charge on any atom is -0.410 e. The van der Waals surface area contributed by atoms with E-state index in [0.29, 0.717) is 0 Å². The van der Waals surface area contributed by atoms with Crippen molar-refractivity contribution in [1.82, 2.24) is 0 Å². The van der Waals surface area contributed by atoms with Crippen LogP contribution in [-0.2, 0) is 4.18 Å². The van der Waals surface area contributed by atoms with Crippen molar-refractivity contribution in [2.24, 2.45) is 11.5 Å². The third-order valence-corrected chi connectivity index (χ3v) is 4.03. The number of carbonyl (C=O) groups is 2. The van der Waals surface area contributed by atoms with E-state index in [9.17, 15) is 9.59 Å². The molecule has 0 rings (SSSR count). The Kier molecular flexibility index (Phi) is 1.73. The summed E-state index contributed by atoms with van der Waals surface area (Å²) in [5.74, 6) is 0. The lowest BCUT2D eigenvalue weighted by Gasteiger charge is -2.63. The smallest absolute Gasteiger partial charge is 0.410 e. The van der Waals surface area contributed by atoms with Crippen LogP contribution in [0.2, 0.25) is 0 Å². The van der Waals surface area contributed by atoms with Crippen LogP contribution in [0, 0.1) is 0 Å². The number of carbonyl (C=O) groups excluding carboxylic acids is 2. The maximum absolute atomic E-state index is 11.1. The van der Waals surface area contributed by atoms with Crippen molar-refractivity contribution >= 4 is 19.9 Å². The Morgan fingerprint density at radius 1 is 1.08 bits per heavy atom. The molecule has 0 saturated carbocycles. The second kappa shape index (κ2) is 1.87. The lowest BCUT2D eigenvalue weighted by atomic mass is 11.3. The van der Waals surface area contributed by atoms with E-state index in [1.165, 1.54) is 25.0 Å². The van der Waals surface area contributed by atoms with Crippen LogP contribution in [-0.4, -0.2) is 36.4 Å². The average molecular weight is 196 g/mol. The molecule has 0 aromatic carbocycles. The molecule has 0 radical (unpaired) electrons. The zero-order valence-corrected chi connectivity index (χ0v) is 8.60. The van der Waals surface area contributed by atoms with Gasteiger partial charge in [-0.2, -0.15) is 0 Å². The summed E-state index contributed by atoms with van der Waals surface area (Å²) in [4.78, 5) is 21.7. The molecule has 0 aliphatic rings. The Balaban J connectivity index is 5.21. The predicted molar refractivity (Wildman–Crippen MR) is 51.5 cm³/mol. The first-order chi connectivity index (χ1) is 4.88. The van der Waals surface area contributed by atoms with Gasteiger partial charge in [0.2, 0.25) is 0 Å². The minimum atomic E-state index is -3.58. The first-order valence-corrected chi connectivity index (χ1v) is 7.20. The summed E-state index contributed by atoms with van der Waals surface area (Å²) in [6.45, 7) is 0. The van der Waals surface area contributed by atoms with Crippen LogP contribution in [0.5, 0.6) is 0 Å². The predicted octanol–water partition coefficient (Wildman–Crippen LogP) is 0.471. The molecule has 0 atom stereocenters. The first-order valence-electron chi connectivity index (χ1n) is 3.19. The molecule has 2 amide bonds. The first kappa shape index (κ1) is 11.1. The number of nitrogens with two attached hydrogens (primary N) is 2. The molecule has 74 valence electrons. The molecule has 4 N–H and O–H groups in total. The fourth-order valence-corrected chi connectivity index (χ4v) is 1.23. The molecular weight excluding hydrogens is 180 g/mol. The number of hydrogen-bond donors (Lipinski definition) is 2. The molecule has 0 aliphatic carbocycles. The van der Waals surface area contributed by atoms with Crippen LogP contribution in [0.15, 0.2) is 0 Å². The molecule has 0 bridgehead atoms. The summed E-state index contributed by atoms with van der Waals surface area (Å²) in [7, 11) is -3.58. The van der Waals surface area contributed by atoms with Gasteiger partial charge in [0.05, 0.1) is 0 Å². The highest BCUT2D eigenvalue weighted by molar-refractivity contribution is 8.69. The number of primary amides is 2. The number of amides is 2. The van der Waals surface area contributed by atoms with Gasteiger partial charge in [-0.05, 0) is 25.0 Å². The maximum Gasteiger partial charge on any atom is 0.414 e. The Labute approximate surface area is 70.9 Å². The third kappa shape index (κ3) is 2.30. The summed E-state index contributed by atoms with van der Waals surface area (Å²) in [6.07, 6.45) is 5.10. The van der Waals surface area contributed by atoms with Crippen molar-refractivity contribution in [3.63, 3.8) is 0 Å². The van der Waals surface area contributed by atoms with Crippen LogP contribution in [0.3, 0.4) is 0 Å². The van der Waals surface area contributed by atoms with Gasteiger partial charge in [-0.3, -0.25) is 4.79 Å². The quantitative estimate of drug-likeness (QED) is 0.589. The zero-order chi connectivity index (χ0) is 10.3. The Morgan fingerprint density at radius 3 is 1.50 bits per heavy atom. The topological polar surface area (TPSA) is 95.4 Å². The second-order valence-electron chi connectivity index (χ2n) is 4.74. The Hall–Kier alpha value is -0.910. The third-order valence-electron chi connectivity index (χ3n) is 1.34. The van der Waals surface area contributed by atoms with Crippen molar-refractivity contribution in [3.8, 4) is 0 Å². The van der Waals surface area contributed by atoms with Gasteiger partial charge in [0.15, 0.2) is 0 Å². The highest BCUT2D eigenvalue weighted by Crippen LogP contribution is 2.79. The average Bonchev–Trinajstić information content (AvgIpc) is 1.54. The van der Waals surface area contributed by atoms with Gasteiger partial charge in [-0.1, -0.05) is 0 Å². The molecule has 12 heavy (non-hydrogen) atoms. The van der Waals surface area contributed by atoms with Crippen molar-refractivity contribution in [1.29, 1.82) is 0 Å². The van der Waals surface area contributed by atoms with Gasteiger partial charge in [-0.15, -0.1) is 8.58 Å². The normalized spacial score (nSPS) is 17.3. The van der Waals surface area contributed by atoms with Crippen LogP contribution in [0.4, 0.5) is 9.59 Å². The number of rotatable bonds is 0. The summed E-state index contributed by atoms with van der Waals surface area (Å²) < 4.78 is 4.86.